The number of anilines is 2. The monoisotopic (exact) mass is 451 g/mol. The molecule has 0 fully saturated rings. The highest BCUT2D eigenvalue weighted by Crippen LogP contribution is 2.30. The molecule has 0 saturated carbocycles. The van der Waals surface area contributed by atoms with Crippen LogP contribution in [0.3, 0.4) is 0 Å². The second-order valence-electron chi connectivity index (χ2n) is 7.33. The van der Waals surface area contributed by atoms with E-state index in [-0.39, 0.29) is 10.8 Å². The maximum absolute atomic E-state index is 12.9. The van der Waals surface area contributed by atoms with Gasteiger partial charge in [-0.25, -0.2) is 13.4 Å². The molecule has 0 aliphatic heterocycles. The van der Waals surface area contributed by atoms with Crippen molar-refractivity contribution >= 4 is 48.3 Å². The lowest BCUT2D eigenvalue weighted by Gasteiger charge is -2.12. The molecule has 4 aromatic rings. The molecule has 0 saturated heterocycles. The Hall–Kier alpha value is -3.23. The van der Waals surface area contributed by atoms with Crippen molar-refractivity contribution in [1.29, 1.82) is 0 Å². The van der Waals surface area contributed by atoms with Crippen molar-refractivity contribution in [2.24, 2.45) is 0 Å². The van der Waals surface area contributed by atoms with Crippen LogP contribution in [0.15, 0.2) is 65.6 Å². The van der Waals surface area contributed by atoms with Gasteiger partial charge in [0, 0.05) is 5.56 Å². The zero-order chi connectivity index (χ0) is 22.2. The molecule has 6 nitrogen and oxygen atoms in total. The standard InChI is InChI=1S/C23H21N3O3S2/c1-14-11-16(3)21(12-15(14)2)31(28,29)26-18-9-10-20-19(13-18)24-23(30-20)25-22(27)17-7-5-4-6-8-17/h4-13,26H,1-3H3,(H,24,25,27). The summed E-state index contributed by atoms with van der Waals surface area (Å²) < 4.78 is 29.4. The Morgan fingerprint density at radius 3 is 2.35 bits per heavy atom. The van der Waals surface area contributed by atoms with Crippen molar-refractivity contribution in [2.75, 3.05) is 10.0 Å². The average molecular weight is 452 g/mol. The molecule has 1 amide bonds. The number of sulfonamides is 1. The average Bonchev–Trinajstić information content (AvgIpc) is 3.12. The first-order chi connectivity index (χ1) is 14.7. The number of nitrogens with zero attached hydrogens (tertiary/aromatic N) is 1. The van der Waals surface area contributed by atoms with Crippen LogP contribution >= 0.6 is 11.3 Å². The number of carbonyl (C=O) groups is 1. The van der Waals surface area contributed by atoms with E-state index < -0.39 is 10.0 Å². The second kappa shape index (κ2) is 8.13. The Morgan fingerprint density at radius 1 is 0.903 bits per heavy atom. The molecule has 158 valence electrons. The number of nitrogens with one attached hydrogen (secondary N) is 2. The van der Waals surface area contributed by atoms with E-state index in [2.05, 4.69) is 15.0 Å². The topological polar surface area (TPSA) is 88.2 Å². The van der Waals surface area contributed by atoms with E-state index in [1.165, 1.54) is 11.3 Å². The van der Waals surface area contributed by atoms with Gasteiger partial charge in [-0.2, -0.15) is 0 Å². The molecule has 2 N–H and O–H groups in total. The number of hydrogen-bond donors (Lipinski definition) is 2. The Bertz CT molecular complexity index is 1390. The summed E-state index contributed by atoms with van der Waals surface area (Å²) in [6.07, 6.45) is 0. The van der Waals surface area contributed by atoms with E-state index in [0.29, 0.717) is 27.5 Å². The quantitative estimate of drug-likeness (QED) is 0.432. The summed E-state index contributed by atoms with van der Waals surface area (Å²) in [7, 11) is -3.74. The van der Waals surface area contributed by atoms with E-state index in [1.807, 2.05) is 26.0 Å². The number of aromatic nitrogens is 1. The molecule has 0 atom stereocenters. The van der Waals surface area contributed by atoms with Crippen LogP contribution in [0.5, 0.6) is 0 Å². The van der Waals surface area contributed by atoms with Crippen molar-refractivity contribution in [3.05, 3.63) is 82.9 Å². The molecule has 0 bridgehead atoms. The third-order valence-electron chi connectivity index (χ3n) is 4.98. The maximum Gasteiger partial charge on any atom is 0.262 e. The van der Waals surface area contributed by atoms with Crippen molar-refractivity contribution in [2.45, 2.75) is 25.7 Å². The largest absolute Gasteiger partial charge is 0.298 e. The molecular formula is C23H21N3O3S2. The molecular weight excluding hydrogens is 430 g/mol. The van der Waals surface area contributed by atoms with Gasteiger partial charge in [-0.05, 0) is 73.9 Å². The van der Waals surface area contributed by atoms with E-state index in [1.54, 1.807) is 55.5 Å². The van der Waals surface area contributed by atoms with Gasteiger partial charge in [0.15, 0.2) is 5.13 Å². The predicted molar refractivity (Wildman–Crippen MR) is 125 cm³/mol. The van der Waals surface area contributed by atoms with Crippen molar-refractivity contribution in [1.82, 2.24) is 4.98 Å². The fraction of sp³-hybridized carbons (Fsp3) is 0.130. The van der Waals surface area contributed by atoms with Gasteiger partial charge in [0.2, 0.25) is 0 Å². The van der Waals surface area contributed by atoms with Crippen molar-refractivity contribution in [3.63, 3.8) is 0 Å². The van der Waals surface area contributed by atoms with Crippen LogP contribution in [0.4, 0.5) is 10.8 Å². The first-order valence-corrected chi connectivity index (χ1v) is 11.9. The number of benzene rings is 3. The second-order valence-corrected chi connectivity index (χ2v) is 10.0. The van der Waals surface area contributed by atoms with Gasteiger partial charge in [0.1, 0.15) is 0 Å². The molecule has 31 heavy (non-hydrogen) atoms. The van der Waals surface area contributed by atoms with Crippen LogP contribution in [0, 0.1) is 20.8 Å². The minimum atomic E-state index is -3.74. The van der Waals surface area contributed by atoms with E-state index in [0.717, 1.165) is 15.8 Å². The lowest BCUT2D eigenvalue weighted by Crippen LogP contribution is -2.14. The molecule has 0 spiro atoms. The van der Waals surface area contributed by atoms with Crippen LogP contribution in [0.1, 0.15) is 27.0 Å². The summed E-state index contributed by atoms with van der Waals surface area (Å²) in [4.78, 5) is 17.0. The zero-order valence-electron chi connectivity index (χ0n) is 17.3. The number of rotatable bonds is 5. The van der Waals surface area contributed by atoms with Gasteiger partial charge in [-0.1, -0.05) is 35.6 Å². The maximum atomic E-state index is 12.9. The number of carbonyl (C=O) groups excluding carboxylic acids is 1. The van der Waals surface area contributed by atoms with E-state index in [9.17, 15) is 13.2 Å². The first-order valence-electron chi connectivity index (χ1n) is 9.60. The summed E-state index contributed by atoms with van der Waals surface area (Å²) in [6.45, 7) is 5.63. The molecule has 4 rings (SSSR count). The predicted octanol–water partition coefficient (Wildman–Crippen LogP) is 5.27. The molecule has 0 aliphatic carbocycles. The van der Waals surface area contributed by atoms with Crippen LogP contribution in [0.2, 0.25) is 0 Å². The summed E-state index contributed by atoms with van der Waals surface area (Å²) in [5, 5.41) is 3.24. The molecule has 3 aromatic carbocycles. The van der Waals surface area contributed by atoms with E-state index >= 15 is 0 Å². The fourth-order valence-corrected chi connectivity index (χ4v) is 5.44. The zero-order valence-corrected chi connectivity index (χ0v) is 18.9. The lowest BCUT2D eigenvalue weighted by molar-refractivity contribution is 0.102. The van der Waals surface area contributed by atoms with Crippen LogP contribution in [0.25, 0.3) is 10.2 Å². The smallest absolute Gasteiger partial charge is 0.262 e. The first kappa shape index (κ1) is 21.0. The number of thiazole rings is 1. The minimum Gasteiger partial charge on any atom is -0.298 e. The Morgan fingerprint density at radius 2 is 1.61 bits per heavy atom. The van der Waals surface area contributed by atoms with Crippen LogP contribution in [-0.2, 0) is 10.0 Å². The fourth-order valence-electron chi connectivity index (χ4n) is 3.24. The van der Waals surface area contributed by atoms with Crippen molar-refractivity contribution in [3.8, 4) is 0 Å². The number of fused-ring (bicyclic) bond motifs is 1. The van der Waals surface area contributed by atoms with Gasteiger partial charge < -0.3 is 0 Å². The highest BCUT2D eigenvalue weighted by Gasteiger charge is 2.19. The van der Waals surface area contributed by atoms with Gasteiger partial charge in [-0.15, -0.1) is 0 Å². The molecule has 8 heteroatoms. The molecule has 1 aromatic heterocycles. The Kier molecular flexibility index (Phi) is 5.51. The third kappa shape index (κ3) is 4.45. The SMILES string of the molecule is Cc1cc(C)c(S(=O)(=O)Nc2ccc3sc(NC(=O)c4ccccc4)nc3c2)cc1C. The highest BCUT2D eigenvalue weighted by atomic mass is 32.2. The van der Waals surface area contributed by atoms with Gasteiger partial charge in [-0.3, -0.25) is 14.8 Å². The highest BCUT2D eigenvalue weighted by molar-refractivity contribution is 7.92. The number of aryl methyl sites for hydroxylation is 3. The van der Waals surface area contributed by atoms with Crippen molar-refractivity contribution < 1.29 is 13.2 Å². The molecule has 0 radical (unpaired) electrons. The van der Waals surface area contributed by atoms with Crippen LogP contribution < -0.4 is 10.0 Å². The number of hydrogen-bond acceptors (Lipinski definition) is 5. The molecule has 1 heterocycles. The van der Waals surface area contributed by atoms with Gasteiger partial charge >= 0.3 is 0 Å². The van der Waals surface area contributed by atoms with Gasteiger partial charge in [0.05, 0.1) is 20.8 Å². The minimum absolute atomic E-state index is 0.245. The Labute approximate surface area is 185 Å². The Balaban J connectivity index is 1.58. The van der Waals surface area contributed by atoms with Gasteiger partial charge in [0.25, 0.3) is 15.9 Å². The third-order valence-corrected chi connectivity index (χ3v) is 7.45. The normalized spacial score (nSPS) is 11.5. The van der Waals surface area contributed by atoms with Crippen LogP contribution in [-0.4, -0.2) is 19.3 Å². The summed E-state index contributed by atoms with van der Waals surface area (Å²) in [6, 6.07) is 17.6. The number of amides is 1. The summed E-state index contributed by atoms with van der Waals surface area (Å²) in [5.41, 5.74) is 4.21. The molecule has 0 unspecified atom stereocenters. The molecule has 0 aliphatic rings. The summed E-state index contributed by atoms with van der Waals surface area (Å²) in [5.74, 6) is -0.245. The summed E-state index contributed by atoms with van der Waals surface area (Å²) >= 11 is 1.33. The lowest BCUT2D eigenvalue weighted by atomic mass is 10.1. The van der Waals surface area contributed by atoms with E-state index in [4.69, 9.17) is 0 Å².